The third-order valence-electron chi connectivity index (χ3n) is 2.05. The van der Waals surface area contributed by atoms with Crippen LogP contribution in [0.25, 0.3) is 0 Å². The van der Waals surface area contributed by atoms with E-state index < -0.39 is 0 Å². The lowest BCUT2D eigenvalue weighted by Gasteiger charge is -1.99. The fourth-order valence-corrected chi connectivity index (χ4v) is 1.48. The van der Waals surface area contributed by atoms with E-state index in [0.717, 1.165) is 12.2 Å². The van der Waals surface area contributed by atoms with Gasteiger partial charge in [0.05, 0.1) is 0 Å². The highest BCUT2D eigenvalue weighted by molar-refractivity contribution is 7.80. The van der Waals surface area contributed by atoms with E-state index in [1.165, 1.54) is 44.9 Å². The van der Waals surface area contributed by atoms with Crippen molar-refractivity contribution in [2.75, 3.05) is 12.4 Å². The van der Waals surface area contributed by atoms with Gasteiger partial charge < -0.3 is 5.11 Å². The highest BCUT2D eigenvalue weighted by Crippen LogP contribution is 2.08. The van der Waals surface area contributed by atoms with Crippen LogP contribution in [-0.2, 0) is 0 Å². The zero-order chi connectivity index (χ0) is 9.07. The predicted molar refractivity (Wildman–Crippen MR) is 56.5 cm³/mol. The smallest absolute Gasteiger partial charge is 0.0431 e. The summed E-state index contributed by atoms with van der Waals surface area (Å²) in [6.45, 7) is 0.357. The molecule has 0 aromatic carbocycles. The summed E-state index contributed by atoms with van der Waals surface area (Å²) in [6, 6.07) is 0. The van der Waals surface area contributed by atoms with E-state index in [1.54, 1.807) is 0 Å². The second kappa shape index (κ2) is 11.3. The zero-order valence-corrected chi connectivity index (χ0v) is 8.74. The van der Waals surface area contributed by atoms with Crippen LogP contribution in [0.1, 0.15) is 51.4 Å². The molecule has 0 rings (SSSR count). The molecule has 0 aromatic rings. The maximum absolute atomic E-state index is 8.53. The van der Waals surface area contributed by atoms with Crippen LogP contribution in [0.5, 0.6) is 0 Å². The fourth-order valence-electron chi connectivity index (χ4n) is 1.27. The number of aliphatic hydroxyl groups excluding tert-OH is 1. The molecule has 0 aromatic heterocycles. The topological polar surface area (TPSA) is 20.2 Å². The van der Waals surface area contributed by atoms with Crippen LogP contribution in [0.2, 0.25) is 0 Å². The van der Waals surface area contributed by atoms with Gasteiger partial charge in [-0.2, -0.15) is 0 Å². The minimum atomic E-state index is 0.357. The maximum Gasteiger partial charge on any atom is 0.0431 e. The molecule has 0 spiro atoms. The van der Waals surface area contributed by atoms with E-state index >= 15 is 0 Å². The molecular weight excluding hydrogens is 168 g/mol. The summed E-state index contributed by atoms with van der Waals surface area (Å²) >= 11 is 4.86. The lowest BCUT2D eigenvalue weighted by atomic mass is 10.1. The van der Waals surface area contributed by atoms with Crippen molar-refractivity contribution in [3.8, 4) is 0 Å². The van der Waals surface area contributed by atoms with Crippen molar-refractivity contribution in [3.05, 3.63) is 0 Å². The number of unbranched alkanes of at least 4 members (excludes halogenated alkanes) is 7. The number of rotatable bonds is 9. The molecule has 0 atom stereocenters. The Labute approximate surface area is 82.0 Å². The van der Waals surface area contributed by atoms with E-state index in [4.69, 9.17) is 17.7 Å². The molecule has 0 aliphatic heterocycles. The highest BCUT2D eigenvalue weighted by atomic mass is 32.1. The van der Waals surface area contributed by atoms with Crippen molar-refractivity contribution in [1.29, 1.82) is 0 Å². The number of hydrogen-bond acceptors (Lipinski definition) is 1. The Kier molecular flexibility index (Phi) is 11.6. The van der Waals surface area contributed by atoms with Gasteiger partial charge in [0.2, 0.25) is 0 Å². The SMILES string of the molecule is OCCCCCCCCCC[S]. The molecule has 0 amide bonds. The van der Waals surface area contributed by atoms with Crippen LogP contribution in [0.3, 0.4) is 0 Å². The van der Waals surface area contributed by atoms with Gasteiger partial charge in [0.25, 0.3) is 0 Å². The fraction of sp³-hybridized carbons (Fsp3) is 1.00. The van der Waals surface area contributed by atoms with E-state index in [2.05, 4.69) is 0 Å². The molecule has 1 nitrogen and oxygen atoms in total. The Bertz CT molecular complexity index is 66.2. The van der Waals surface area contributed by atoms with Gasteiger partial charge in [0.1, 0.15) is 0 Å². The van der Waals surface area contributed by atoms with E-state index in [1.807, 2.05) is 0 Å². The van der Waals surface area contributed by atoms with Gasteiger partial charge >= 0.3 is 0 Å². The predicted octanol–water partition coefficient (Wildman–Crippen LogP) is 3.30. The first-order valence-corrected chi connectivity index (χ1v) is 5.68. The molecule has 0 fully saturated rings. The standard InChI is InChI=1S/C10H21OS/c11-9-7-5-3-1-2-4-6-8-10-12/h11H,1-10H2. The van der Waals surface area contributed by atoms with Gasteiger partial charge in [-0.05, 0) is 12.8 Å². The van der Waals surface area contributed by atoms with Crippen molar-refractivity contribution >= 4 is 12.6 Å². The summed E-state index contributed by atoms with van der Waals surface area (Å²) in [4.78, 5) is 0. The van der Waals surface area contributed by atoms with E-state index in [0.29, 0.717) is 6.61 Å². The Morgan fingerprint density at radius 3 is 1.50 bits per heavy atom. The molecule has 12 heavy (non-hydrogen) atoms. The lowest BCUT2D eigenvalue weighted by Crippen LogP contribution is -1.84. The van der Waals surface area contributed by atoms with Crippen molar-refractivity contribution in [3.63, 3.8) is 0 Å². The van der Waals surface area contributed by atoms with Gasteiger partial charge in [0.15, 0.2) is 0 Å². The molecular formula is C10H21OS. The lowest BCUT2D eigenvalue weighted by molar-refractivity contribution is 0.282. The molecule has 1 N–H and O–H groups in total. The Morgan fingerprint density at radius 2 is 1.08 bits per heavy atom. The summed E-state index contributed by atoms with van der Waals surface area (Å²) in [5, 5.41) is 8.53. The first-order valence-electron chi connectivity index (χ1n) is 5.10. The molecule has 0 saturated heterocycles. The van der Waals surface area contributed by atoms with Crippen molar-refractivity contribution < 1.29 is 5.11 Å². The van der Waals surface area contributed by atoms with Gasteiger partial charge in [0, 0.05) is 12.4 Å². The summed E-state index contributed by atoms with van der Waals surface area (Å²) in [6.07, 6.45) is 10.0. The van der Waals surface area contributed by atoms with Crippen LogP contribution in [-0.4, -0.2) is 17.5 Å². The van der Waals surface area contributed by atoms with E-state index in [9.17, 15) is 0 Å². The maximum atomic E-state index is 8.53. The summed E-state index contributed by atoms with van der Waals surface area (Å²) in [5.41, 5.74) is 0. The molecule has 73 valence electrons. The normalized spacial score (nSPS) is 10.5. The molecule has 0 unspecified atom stereocenters. The molecule has 0 bridgehead atoms. The van der Waals surface area contributed by atoms with Crippen LogP contribution in [0.4, 0.5) is 0 Å². The molecule has 0 heterocycles. The second-order valence-corrected chi connectivity index (χ2v) is 3.66. The van der Waals surface area contributed by atoms with Crippen molar-refractivity contribution in [1.82, 2.24) is 0 Å². The first-order chi connectivity index (χ1) is 5.91. The third-order valence-corrected chi connectivity index (χ3v) is 2.34. The quantitative estimate of drug-likeness (QED) is 0.552. The van der Waals surface area contributed by atoms with Crippen molar-refractivity contribution in [2.24, 2.45) is 0 Å². The molecule has 2 heteroatoms. The molecule has 0 aliphatic rings. The highest BCUT2D eigenvalue weighted by Gasteiger charge is 1.90. The van der Waals surface area contributed by atoms with Crippen LogP contribution in [0.15, 0.2) is 0 Å². The largest absolute Gasteiger partial charge is 0.396 e. The summed E-state index contributed by atoms with van der Waals surface area (Å²) in [5.74, 6) is 0.921. The molecule has 0 aliphatic carbocycles. The summed E-state index contributed by atoms with van der Waals surface area (Å²) in [7, 11) is 0. The summed E-state index contributed by atoms with van der Waals surface area (Å²) < 4.78 is 0. The Morgan fingerprint density at radius 1 is 0.667 bits per heavy atom. The number of aliphatic hydroxyl groups is 1. The van der Waals surface area contributed by atoms with Crippen LogP contribution >= 0.6 is 12.6 Å². The minimum Gasteiger partial charge on any atom is -0.396 e. The monoisotopic (exact) mass is 189 g/mol. The van der Waals surface area contributed by atoms with Crippen LogP contribution in [0, 0.1) is 0 Å². The average Bonchev–Trinajstić information content (AvgIpc) is 2.10. The molecule has 0 saturated carbocycles. The minimum absolute atomic E-state index is 0.357. The Balaban J connectivity index is 2.73. The third kappa shape index (κ3) is 10.3. The van der Waals surface area contributed by atoms with Gasteiger partial charge in [-0.1, -0.05) is 51.2 Å². The van der Waals surface area contributed by atoms with E-state index in [-0.39, 0.29) is 0 Å². The van der Waals surface area contributed by atoms with Gasteiger partial charge in [-0.3, -0.25) is 0 Å². The van der Waals surface area contributed by atoms with Gasteiger partial charge in [-0.15, -0.1) is 0 Å². The second-order valence-electron chi connectivity index (χ2n) is 3.26. The Hall–Kier alpha value is 0.310. The molecule has 1 radical (unpaired) electrons. The van der Waals surface area contributed by atoms with Crippen LogP contribution < -0.4 is 0 Å². The van der Waals surface area contributed by atoms with Crippen molar-refractivity contribution in [2.45, 2.75) is 51.4 Å². The van der Waals surface area contributed by atoms with Gasteiger partial charge in [-0.25, -0.2) is 0 Å². The zero-order valence-electron chi connectivity index (χ0n) is 7.93. The first kappa shape index (κ1) is 12.3. The number of hydrogen-bond donors (Lipinski definition) is 1. The average molecular weight is 189 g/mol.